The SMILES string of the molecule is O=C(COc1ccccc1)N1CCN(S(=O)(=O)c2ccc(Cl)c(C(F)(F)F)c2)CC1. The van der Waals surface area contributed by atoms with Gasteiger partial charge in [0.25, 0.3) is 5.91 Å². The molecule has 1 saturated heterocycles. The number of alkyl halides is 3. The molecule has 2 aromatic rings. The van der Waals surface area contributed by atoms with Crippen LogP contribution in [0.25, 0.3) is 0 Å². The van der Waals surface area contributed by atoms with Crippen LogP contribution in [0.3, 0.4) is 0 Å². The third-order valence-electron chi connectivity index (χ3n) is 4.58. The lowest BCUT2D eigenvalue weighted by Crippen LogP contribution is -2.51. The molecule has 0 aromatic heterocycles. The van der Waals surface area contributed by atoms with E-state index in [0.717, 1.165) is 16.4 Å². The number of rotatable bonds is 5. The number of hydrogen-bond donors (Lipinski definition) is 0. The fraction of sp³-hybridized carbons (Fsp3) is 0.316. The van der Waals surface area contributed by atoms with Gasteiger partial charge >= 0.3 is 6.18 Å². The number of nitrogens with zero attached hydrogens (tertiary/aromatic N) is 2. The van der Waals surface area contributed by atoms with Crippen LogP contribution >= 0.6 is 11.6 Å². The predicted molar refractivity (Wildman–Crippen MR) is 104 cm³/mol. The van der Waals surface area contributed by atoms with Crippen molar-refractivity contribution >= 4 is 27.5 Å². The average Bonchev–Trinajstić information content (AvgIpc) is 2.72. The number of benzene rings is 2. The molecule has 162 valence electrons. The molecule has 2 aromatic carbocycles. The summed E-state index contributed by atoms with van der Waals surface area (Å²) in [7, 11) is -4.16. The topological polar surface area (TPSA) is 66.9 Å². The van der Waals surface area contributed by atoms with Crippen LogP contribution in [0.5, 0.6) is 5.75 Å². The molecule has 30 heavy (non-hydrogen) atoms. The Bertz CT molecular complexity index is 1010. The van der Waals surface area contributed by atoms with Crippen LogP contribution in [0.1, 0.15) is 5.56 Å². The maximum Gasteiger partial charge on any atom is 0.417 e. The summed E-state index contributed by atoms with van der Waals surface area (Å²) in [6, 6.07) is 11.2. The minimum absolute atomic E-state index is 0.0383. The van der Waals surface area contributed by atoms with Crippen LogP contribution in [0, 0.1) is 0 Å². The normalized spacial score (nSPS) is 15.8. The van der Waals surface area contributed by atoms with Gasteiger partial charge in [0.2, 0.25) is 10.0 Å². The van der Waals surface area contributed by atoms with Crippen LogP contribution in [0.15, 0.2) is 53.4 Å². The van der Waals surface area contributed by atoms with E-state index in [1.54, 1.807) is 24.3 Å². The van der Waals surface area contributed by atoms with Crippen molar-refractivity contribution in [1.29, 1.82) is 0 Å². The van der Waals surface area contributed by atoms with Gasteiger partial charge in [-0.3, -0.25) is 4.79 Å². The molecular formula is C19H18ClF3N2O4S. The molecule has 1 amide bonds. The number of piperazine rings is 1. The van der Waals surface area contributed by atoms with E-state index in [1.165, 1.54) is 4.90 Å². The van der Waals surface area contributed by atoms with Crippen molar-refractivity contribution in [2.24, 2.45) is 0 Å². The number of para-hydroxylation sites is 1. The van der Waals surface area contributed by atoms with Gasteiger partial charge < -0.3 is 9.64 Å². The number of halogens is 4. The number of carbonyl (C=O) groups excluding carboxylic acids is 1. The molecule has 11 heteroatoms. The first-order chi connectivity index (χ1) is 14.1. The summed E-state index contributed by atoms with van der Waals surface area (Å²) in [5.74, 6) is 0.233. The summed E-state index contributed by atoms with van der Waals surface area (Å²) in [6.45, 7) is -0.0540. The van der Waals surface area contributed by atoms with E-state index in [-0.39, 0.29) is 38.7 Å². The average molecular weight is 463 g/mol. The molecule has 0 atom stereocenters. The van der Waals surface area contributed by atoms with Crippen molar-refractivity contribution < 1.29 is 31.1 Å². The maximum absolute atomic E-state index is 13.0. The lowest BCUT2D eigenvalue weighted by Gasteiger charge is -2.34. The van der Waals surface area contributed by atoms with Gasteiger partial charge in [0.1, 0.15) is 5.75 Å². The molecule has 0 radical (unpaired) electrons. The zero-order valence-corrected chi connectivity index (χ0v) is 17.2. The molecule has 3 rings (SSSR count). The lowest BCUT2D eigenvalue weighted by molar-refractivity contribution is -0.137. The number of ether oxygens (including phenoxy) is 1. The van der Waals surface area contributed by atoms with Crippen molar-refractivity contribution in [2.75, 3.05) is 32.8 Å². The minimum Gasteiger partial charge on any atom is -0.484 e. The largest absolute Gasteiger partial charge is 0.484 e. The van der Waals surface area contributed by atoms with Crippen molar-refractivity contribution in [3.8, 4) is 5.75 Å². The van der Waals surface area contributed by atoms with Crippen molar-refractivity contribution in [2.45, 2.75) is 11.1 Å². The summed E-state index contributed by atoms with van der Waals surface area (Å²) in [5.41, 5.74) is -1.21. The van der Waals surface area contributed by atoms with Gasteiger partial charge in [-0.1, -0.05) is 29.8 Å². The summed E-state index contributed by atoms with van der Waals surface area (Å²) < 4.78 is 71.1. The molecule has 0 spiro atoms. The summed E-state index contributed by atoms with van der Waals surface area (Å²) in [4.78, 5) is 13.2. The molecule has 0 N–H and O–H groups in total. The molecule has 0 saturated carbocycles. The zero-order chi connectivity index (χ0) is 21.9. The maximum atomic E-state index is 13.0. The van der Waals surface area contributed by atoms with Crippen molar-refractivity contribution in [3.63, 3.8) is 0 Å². The quantitative estimate of drug-likeness (QED) is 0.684. The number of hydrogen-bond acceptors (Lipinski definition) is 4. The minimum atomic E-state index is -4.77. The Morgan fingerprint density at radius 1 is 1.03 bits per heavy atom. The number of sulfonamides is 1. The third kappa shape index (κ3) is 5.05. The highest BCUT2D eigenvalue weighted by atomic mass is 35.5. The Morgan fingerprint density at radius 2 is 1.67 bits per heavy atom. The number of carbonyl (C=O) groups is 1. The zero-order valence-electron chi connectivity index (χ0n) is 15.6. The highest BCUT2D eigenvalue weighted by molar-refractivity contribution is 7.89. The van der Waals surface area contributed by atoms with Crippen LogP contribution in [-0.2, 0) is 21.0 Å². The Labute approximate surface area is 176 Å². The Hall–Kier alpha value is -2.30. The van der Waals surface area contributed by atoms with E-state index in [2.05, 4.69) is 0 Å². The summed E-state index contributed by atoms with van der Waals surface area (Å²) >= 11 is 5.56. The van der Waals surface area contributed by atoms with Crippen LogP contribution < -0.4 is 4.74 Å². The first-order valence-electron chi connectivity index (χ1n) is 8.91. The van der Waals surface area contributed by atoms with Crippen LogP contribution in [0.2, 0.25) is 5.02 Å². The number of amides is 1. The molecular weight excluding hydrogens is 445 g/mol. The molecule has 1 aliphatic rings. The first-order valence-corrected chi connectivity index (χ1v) is 10.7. The van der Waals surface area contributed by atoms with E-state index in [4.69, 9.17) is 16.3 Å². The second kappa shape index (κ2) is 8.83. The van der Waals surface area contributed by atoms with Gasteiger partial charge in [-0.2, -0.15) is 17.5 Å². The highest BCUT2D eigenvalue weighted by Crippen LogP contribution is 2.36. The van der Waals surface area contributed by atoms with E-state index >= 15 is 0 Å². The summed E-state index contributed by atoms with van der Waals surface area (Å²) in [6.07, 6.45) is -4.77. The van der Waals surface area contributed by atoms with E-state index < -0.39 is 31.7 Å². The fourth-order valence-corrected chi connectivity index (χ4v) is 4.64. The Balaban J connectivity index is 1.63. The predicted octanol–water partition coefficient (Wildman–Crippen LogP) is 3.27. The van der Waals surface area contributed by atoms with Crippen molar-refractivity contribution in [1.82, 2.24) is 9.21 Å². The molecule has 1 heterocycles. The summed E-state index contributed by atoms with van der Waals surface area (Å²) in [5, 5.41) is -0.574. The van der Waals surface area contributed by atoms with Crippen LogP contribution in [-0.4, -0.2) is 56.3 Å². The smallest absolute Gasteiger partial charge is 0.417 e. The Morgan fingerprint density at radius 3 is 2.27 bits per heavy atom. The van der Waals surface area contributed by atoms with E-state index in [1.807, 2.05) is 6.07 Å². The first kappa shape index (κ1) is 22.4. The van der Waals surface area contributed by atoms with Crippen molar-refractivity contribution in [3.05, 3.63) is 59.1 Å². The Kier molecular flexibility index (Phi) is 6.59. The molecule has 1 fully saturated rings. The van der Waals surface area contributed by atoms with Gasteiger partial charge in [0.05, 0.1) is 15.5 Å². The fourth-order valence-electron chi connectivity index (χ4n) is 2.96. The van der Waals surface area contributed by atoms with Crippen LogP contribution in [0.4, 0.5) is 13.2 Å². The van der Waals surface area contributed by atoms with Gasteiger partial charge in [-0.05, 0) is 30.3 Å². The van der Waals surface area contributed by atoms with E-state index in [0.29, 0.717) is 11.8 Å². The van der Waals surface area contributed by atoms with Gasteiger partial charge in [-0.25, -0.2) is 8.42 Å². The van der Waals surface area contributed by atoms with Gasteiger partial charge in [0.15, 0.2) is 6.61 Å². The standard InChI is InChI=1S/C19H18ClF3N2O4S/c20-17-7-6-15(12-16(17)19(21,22)23)30(27,28)25-10-8-24(9-11-25)18(26)13-29-14-4-2-1-3-5-14/h1-7,12H,8-11,13H2. The second-order valence-corrected chi connectivity index (χ2v) is 8.87. The molecule has 6 nitrogen and oxygen atoms in total. The molecule has 1 aliphatic heterocycles. The van der Waals surface area contributed by atoms with E-state index in [9.17, 15) is 26.4 Å². The molecule has 0 unspecified atom stereocenters. The second-order valence-electron chi connectivity index (χ2n) is 6.53. The monoisotopic (exact) mass is 462 g/mol. The van der Waals surface area contributed by atoms with Gasteiger partial charge in [0, 0.05) is 26.2 Å². The lowest BCUT2D eigenvalue weighted by atomic mass is 10.2. The highest BCUT2D eigenvalue weighted by Gasteiger charge is 2.36. The van der Waals surface area contributed by atoms with Gasteiger partial charge in [-0.15, -0.1) is 0 Å². The third-order valence-corrected chi connectivity index (χ3v) is 6.80. The molecule has 0 bridgehead atoms. The molecule has 0 aliphatic carbocycles.